The Morgan fingerprint density at radius 3 is 2.23 bits per heavy atom. The van der Waals surface area contributed by atoms with Crippen LogP contribution in [0.15, 0.2) is 84.0 Å². The molecule has 0 unspecified atom stereocenters. The fraction of sp³-hybridized carbons (Fsp3) is 0.143. The topological polar surface area (TPSA) is 99.7 Å². The number of nitrogens with zero attached hydrogens (tertiary/aromatic N) is 5. The lowest BCUT2D eigenvalue weighted by molar-refractivity contribution is -0.137. The normalized spacial score (nSPS) is 12.1. The highest BCUT2D eigenvalue weighted by molar-refractivity contribution is 7.90. The molecule has 0 fully saturated rings. The summed E-state index contributed by atoms with van der Waals surface area (Å²) in [5.41, 5.74) is 2.24. The second-order valence-corrected chi connectivity index (χ2v) is 11.3. The van der Waals surface area contributed by atoms with Gasteiger partial charge in [-0.3, -0.25) is 4.79 Å². The fourth-order valence-electron chi connectivity index (χ4n) is 4.37. The Morgan fingerprint density at radius 1 is 0.900 bits per heavy atom. The van der Waals surface area contributed by atoms with Gasteiger partial charge < -0.3 is 4.57 Å². The summed E-state index contributed by atoms with van der Waals surface area (Å²) in [5.74, 6) is 0.0917. The lowest BCUT2D eigenvalue weighted by atomic mass is 10.0. The molecule has 12 heteroatoms. The lowest BCUT2D eigenvalue weighted by Gasteiger charge is -2.16. The number of aromatic nitrogens is 5. The maximum absolute atomic E-state index is 13.4. The van der Waals surface area contributed by atoms with E-state index in [0.29, 0.717) is 28.3 Å². The van der Waals surface area contributed by atoms with E-state index in [2.05, 4.69) is 15.3 Å². The Balaban J connectivity index is 1.67. The van der Waals surface area contributed by atoms with Crippen molar-refractivity contribution < 1.29 is 26.4 Å². The third-order valence-electron chi connectivity index (χ3n) is 6.32. The number of imidazole rings is 1. The van der Waals surface area contributed by atoms with E-state index in [0.717, 1.165) is 36.2 Å². The summed E-state index contributed by atoms with van der Waals surface area (Å²) in [5, 5.41) is 8.06. The molecule has 0 saturated carbocycles. The Kier molecular flexibility index (Phi) is 6.66. The van der Waals surface area contributed by atoms with Crippen molar-refractivity contribution in [2.75, 3.05) is 6.26 Å². The molecule has 0 aliphatic heterocycles. The van der Waals surface area contributed by atoms with Crippen LogP contribution in [0.25, 0.3) is 22.5 Å². The van der Waals surface area contributed by atoms with Gasteiger partial charge in [0.1, 0.15) is 11.5 Å². The van der Waals surface area contributed by atoms with Gasteiger partial charge in [0.25, 0.3) is 0 Å². The van der Waals surface area contributed by atoms with Crippen LogP contribution in [-0.2, 0) is 16.0 Å². The number of ketones is 1. The van der Waals surface area contributed by atoms with E-state index < -0.39 is 27.4 Å². The number of aryl methyl sites for hydroxylation is 2. The molecule has 0 atom stereocenters. The maximum Gasteiger partial charge on any atom is 0.416 e. The first kappa shape index (κ1) is 27.0. The van der Waals surface area contributed by atoms with Crippen molar-refractivity contribution >= 4 is 15.6 Å². The molecule has 5 aromatic rings. The summed E-state index contributed by atoms with van der Waals surface area (Å²) in [4.78, 5) is 18.0. The molecule has 2 heterocycles. The summed E-state index contributed by atoms with van der Waals surface area (Å²) >= 11 is 0. The van der Waals surface area contributed by atoms with Crippen LogP contribution in [-0.4, -0.2) is 45.0 Å². The molecule has 8 nitrogen and oxygen atoms in total. The molecule has 204 valence electrons. The van der Waals surface area contributed by atoms with Crippen LogP contribution in [0.4, 0.5) is 13.2 Å². The number of halogens is 3. The van der Waals surface area contributed by atoms with Gasteiger partial charge in [-0.2, -0.15) is 13.2 Å². The van der Waals surface area contributed by atoms with E-state index in [1.165, 1.54) is 16.9 Å². The molecular weight excluding hydrogens is 543 g/mol. The Labute approximate surface area is 227 Å². The van der Waals surface area contributed by atoms with Crippen molar-refractivity contribution in [3.05, 3.63) is 107 Å². The second-order valence-electron chi connectivity index (χ2n) is 9.24. The van der Waals surface area contributed by atoms with Gasteiger partial charge >= 0.3 is 6.18 Å². The Bertz CT molecular complexity index is 1860. The minimum Gasteiger partial charge on any atom is -0.302 e. The Hall–Kier alpha value is -4.58. The number of benzene rings is 3. The highest BCUT2D eigenvalue weighted by Gasteiger charge is 2.30. The summed E-state index contributed by atoms with van der Waals surface area (Å²) in [6.07, 6.45) is -0.353. The molecule has 0 saturated heterocycles. The van der Waals surface area contributed by atoms with Gasteiger partial charge in [0.15, 0.2) is 9.84 Å². The molecule has 0 aliphatic carbocycles. The smallest absolute Gasteiger partial charge is 0.302 e. The van der Waals surface area contributed by atoms with Crippen LogP contribution in [0.5, 0.6) is 0 Å². The van der Waals surface area contributed by atoms with Crippen molar-refractivity contribution in [1.29, 1.82) is 0 Å². The third kappa shape index (κ3) is 5.17. The maximum atomic E-state index is 13.4. The average Bonchev–Trinajstić information content (AvgIpc) is 3.53. The number of hydrogen-bond acceptors (Lipinski definition) is 6. The summed E-state index contributed by atoms with van der Waals surface area (Å²) in [6.45, 7) is 3.65. The zero-order chi connectivity index (χ0) is 28.8. The van der Waals surface area contributed by atoms with Gasteiger partial charge in [0.2, 0.25) is 5.78 Å². The van der Waals surface area contributed by atoms with Crippen LogP contribution in [0.1, 0.15) is 33.1 Å². The number of alkyl halides is 3. The van der Waals surface area contributed by atoms with Gasteiger partial charge in [0.05, 0.1) is 33.7 Å². The fourth-order valence-corrected chi connectivity index (χ4v) is 5.04. The van der Waals surface area contributed by atoms with Crippen LogP contribution in [0.2, 0.25) is 0 Å². The number of hydrogen-bond donors (Lipinski definition) is 0. The van der Waals surface area contributed by atoms with Crippen molar-refractivity contribution in [3.63, 3.8) is 0 Å². The molecule has 0 spiro atoms. The van der Waals surface area contributed by atoms with Crippen molar-refractivity contribution in [1.82, 2.24) is 24.5 Å². The number of sulfone groups is 1. The average molecular weight is 566 g/mol. The largest absolute Gasteiger partial charge is 0.416 e. The molecule has 0 bridgehead atoms. The van der Waals surface area contributed by atoms with Crippen LogP contribution in [0, 0.1) is 13.8 Å². The molecule has 2 aromatic heterocycles. The summed E-state index contributed by atoms with van der Waals surface area (Å²) in [6, 6.07) is 15.7. The monoisotopic (exact) mass is 565 g/mol. The van der Waals surface area contributed by atoms with Crippen LogP contribution < -0.4 is 0 Å². The highest BCUT2D eigenvalue weighted by atomic mass is 32.2. The zero-order valence-electron chi connectivity index (χ0n) is 21.5. The minimum absolute atomic E-state index is 0.0255. The first-order chi connectivity index (χ1) is 18.8. The van der Waals surface area contributed by atoms with Crippen molar-refractivity contribution in [2.45, 2.75) is 24.9 Å². The van der Waals surface area contributed by atoms with E-state index in [9.17, 15) is 26.4 Å². The molecule has 5 rings (SSSR count). The van der Waals surface area contributed by atoms with E-state index in [1.807, 2.05) is 30.7 Å². The predicted molar refractivity (Wildman–Crippen MR) is 141 cm³/mol. The number of carbonyl (C=O) groups excluding carboxylic acids is 1. The second kappa shape index (κ2) is 9.87. The van der Waals surface area contributed by atoms with E-state index in [-0.39, 0.29) is 16.2 Å². The molecule has 0 N–H and O–H groups in total. The SMILES string of the molecule is Cc1cn(-c2ccc(-c3cccc(S(C)(=O)=O)c3)cc2-n2nncc2C(=O)c2ccc(C(F)(F)F)cc2)c(C)n1. The van der Waals surface area contributed by atoms with Gasteiger partial charge in [-0.25, -0.2) is 18.1 Å². The standard InChI is InChI=1S/C28H22F3N5O3S/c1-17-16-35(18(2)33-17)24-12-9-21(20-5-4-6-23(13-20)40(3,38)39)14-25(24)36-26(15-32-34-36)27(37)19-7-10-22(11-8-19)28(29,30)31/h4-16H,1-3H3. The predicted octanol–water partition coefficient (Wildman–Crippen LogP) is 5.39. The van der Waals surface area contributed by atoms with Crippen molar-refractivity contribution in [3.8, 4) is 22.5 Å². The molecule has 3 aromatic carbocycles. The molecule has 0 radical (unpaired) electrons. The van der Waals surface area contributed by atoms with E-state index in [4.69, 9.17) is 0 Å². The molecule has 0 aliphatic rings. The quantitative estimate of drug-likeness (QED) is 0.256. The van der Waals surface area contributed by atoms with Gasteiger partial charge in [-0.05, 0) is 61.4 Å². The summed E-state index contributed by atoms with van der Waals surface area (Å²) in [7, 11) is -3.46. The third-order valence-corrected chi connectivity index (χ3v) is 7.43. The molecule has 40 heavy (non-hydrogen) atoms. The van der Waals surface area contributed by atoms with Crippen LogP contribution >= 0.6 is 0 Å². The van der Waals surface area contributed by atoms with Gasteiger partial charge in [-0.15, -0.1) is 5.10 Å². The minimum atomic E-state index is -4.53. The Morgan fingerprint density at radius 2 is 1.60 bits per heavy atom. The first-order valence-electron chi connectivity index (χ1n) is 11.9. The zero-order valence-corrected chi connectivity index (χ0v) is 22.3. The number of carbonyl (C=O) groups is 1. The first-order valence-corrected chi connectivity index (χ1v) is 13.8. The molecule has 0 amide bonds. The molecular formula is C28H22F3N5O3S. The van der Waals surface area contributed by atoms with Gasteiger partial charge in [-0.1, -0.05) is 35.5 Å². The van der Waals surface area contributed by atoms with E-state index in [1.54, 1.807) is 30.3 Å². The van der Waals surface area contributed by atoms with Crippen molar-refractivity contribution in [2.24, 2.45) is 0 Å². The highest BCUT2D eigenvalue weighted by Crippen LogP contribution is 2.31. The number of rotatable bonds is 6. The van der Waals surface area contributed by atoms with E-state index >= 15 is 0 Å². The van der Waals surface area contributed by atoms with Crippen LogP contribution in [0.3, 0.4) is 0 Å². The van der Waals surface area contributed by atoms with Gasteiger partial charge in [0, 0.05) is 18.0 Å². The summed E-state index contributed by atoms with van der Waals surface area (Å²) < 4.78 is 66.5. The lowest BCUT2D eigenvalue weighted by Crippen LogP contribution is -2.13.